The van der Waals surface area contributed by atoms with Gasteiger partial charge in [-0.3, -0.25) is 0 Å². The van der Waals surface area contributed by atoms with E-state index in [9.17, 15) is 10.2 Å². The molecule has 1 aromatic heterocycles. The van der Waals surface area contributed by atoms with Crippen LogP contribution in [-0.2, 0) is 0 Å². The molecule has 17 heavy (non-hydrogen) atoms. The highest BCUT2D eigenvalue weighted by molar-refractivity contribution is 5.31. The molecule has 2 atom stereocenters. The quantitative estimate of drug-likeness (QED) is 0.705. The number of aliphatic hydroxyl groups excluding tert-OH is 2. The molecule has 0 saturated heterocycles. The fourth-order valence-electron chi connectivity index (χ4n) is 1.56. The first-order valence-corrected chi connectivity index (χ1v) is 5.38. The molecular formula is C12H15N3O2. The van der Waals surface area contributed by atoms with Crippen LogP contribution in [0.4, 0.5) is 0 Å². The van der Waals surface area contributed by atoms with Crippen molar-refractivity contribution in [2.75, 3.05) is 6.54 Å². The van der Waals surface area contributed by atoms with Crippen molar-refractivity contribution >= 4 is 0 Å². The summed E-state index contributed by atoms with van der Waals surface area (Å²) >= 11 is 0. The number of rotatable bonds is 4. The van der Waals surface area contributed by atoms with Gasteiger partial charge in [0.15, 0.2) is 0 Å². The molecule has 5 heteroatoms. The van der Waals surface area contributed by atoms with Crippen molar-refractivity contribution in [2.24, 2.45) is 5.73 Å². The van der Waals surface area contributed by atoms with Crippen molar-refractivity contribution in [1.82, 2.24) is 9.78 Å². The number of aliphatic hydroxyl groups is 2. The van der Waals surface area contributed by atoms with Gasteiger partial charge in [0.25, 0.3) is 0 Å². The lowest BCUT2D eigenvalue weighted by molar-refractivity contribution is 0.0243. The van der Waals surface area contributed by atoms with Crippen molar-refractivity contribution in [1.29, 1.82) is 0 Å². The molecule has 0 aliphatic carbocycles. The molecule has 0 radical (unpaired) electrons. The van der Waals surface area contributed by atoms with E-state index >= 15 is 0 Å². The number of hydrogen-bond donors (Lipinski definition) is 3. The van der Waals surface area contributed by atoms with Crippen LogP contribution in [0.5, 0.6) is 0 Å². The molecule has 1 aromatic carbocycles. The minimum absolute atomic E-state index is 0.0116. The number of hydrogen-bond acceptors (Lipinski definition) is 4. The number of para-hydroxylation sites is 1. The smallest absolute Gasteiger partial charge is 0.109 e. The molecule has 5 nitrogen and oxygen atoms in total. The third-order valence-corrected chi connectivity index (χ3v) is 2.57. The number of benzene rings is 1. The maximum Gasteiger partial charge on any atom is 0.109 e. The molecule has 90 valence electrons. The number of nitrogens with zero attached hydrogens (tertiary/aromatic N) is 2. The molecule has 0 amide bonds. The molecule has 0 bridgehead atoms. The molecule has 2 rings (SSSR count). The van der Waals surface area contributed by atoms with Gasteiger partial charge in [0, 0.05) is 18.3 Å². The van der Waals surface area contributed by atoms with Gasteiger partial charge < -0.3 is 15.9 Å². The molecule has 2 aromatic rings. The summed E-state index contributed by atoms with van der Waals surface area (Å²) in [4.78, 5) is 0. The van der Waals surface area contributed by atoms with Gasteiger partial charge in [-0.1, -0.05) is 18.2 Å². The second-order valence-corrected chi connectivity index (χ2v) is 3.80. The SMILES string of the molecule is NCC(O)C(O)c1cnn(-c2ccccc2)c1. The van der Waals surface area contributed by atoms with E-state index in [2.05, 4.69) is 5.10 Å². The second-order valence-electron chi connectivity index (χ2n) is 3.80. The molecule has 1 heterocycles. The van der Waals surface area contributed by atoms with Crippen LogP contribution in [0.25, 0.3) is 5.69 Å². The monoisotopic (exact) mass is 233 g/mol. The zero-order chi connectivity index (χ0) is 12.3. The van der Waals surface area contributed by atoms with E-state index in [-0.39, 0.29) is 6.54 Å². The largest absolute Gasteiger partial charge is 0.389 e. The lowest BCUT2D eigenvalue weighted by Crippen LogP contribution is -2.26. The summed E-state index contributed by atoms with van der Waals surface area (Å²) in [5.41, 5.74) is 6.74. The van der Waals surface area contributed by atoms with Gasteiger partial charge in [0.1, 0.15) is 6.10 Å². The predicted octanol–water partition coefficient (Wildman–Crippen LogP) is 0.225. The van der Waals surface area contributed by atoms with Crippen LogP contribution in [0.3, 0.4) is 0 Å². The third kappa shape index (κ3) is 2.52. The van der Waals surface area contributed by atoms with Crippen LogP contribution in [0.2, 0.25) is 0 Å². The average Bonchev–Trinajstić information content (AvgIpc) is 2.87. The lowest BCUT2D eigenvalue weighted by atomic mass is 10.1. The van der Waals surface area contributed by atoms with E-state index in [0.717, 1.165) is 5.69 Å². The van der Waals surface area contributed by atoms with E-state index in [1.54, 1.807) is 10.9 Å². The van der Waals surface area contributed by atoms with E-state index < -0.39 is 12.2 Å². The van der Waals surface area contributed by atoms with Gasteiger partial charge in [0.2, 0.25) is 0 Å². The Labute approximate surface area is 99.1 Å². The fraction of sp³-hybridized carbons (Fsp3) is 0.250. The van der Waals surface area contributed by atoms with Crippen molar-refractivity contribution in [3.05, 3.63) is 48.3 Å². The molecule has 0 aliphatic heterocycles. The highest BCUT2D eigenvalue weighted by Crippen LogP contribution is 2.17. The van der Waals surface area contributed by atoms with Gasteiger partial charge in [-0.25, -0.2) is 4.68 Å². The summed E-state index contributed by atoms with van der Waals surface area (Å²) in [6.07, 6.45) is 1.23. The van der Waals surface area contributed by atoms with Crippen LogP contribution in [0.15, 0.2) is 42.7 Å². The Morgan fingerprint density at radius 2 is 1.94 bits per heavy atom. The first-order valence-electron chi connectivity index (χ1n) is 5.38. The molecule has 2 unspecified atom stereocenters. The molecule has 0 aliphatic rings. The van der Waals surface area contributed by atoms with Crippen molar-refractivity contribution in [3.8, 4) is 5.69 Å². The fourth-order valence-corrected chi connectivity index (χ4v) is 1.56. The molecule has 0 fully saturated rings. The highest BCUT2D eigenvalue weighted by Gasteiger charge is 2.18. The minimum atomic E-state index is -1.00. The van der Waals surface area contributed by atoms with Crippen LogP contribution >= 0.6 is 0 Å². The van der Waals surface area contributed by atoms with Crippen LogP contribution in [0.1, 0.15) is 11.7 Å². The predicted molar refractivity (Wildman–Crippen MR) is 63.6 cm³/mol. The lowest BCUT2D eigenvalue weighted by Gasteiger charge is -2.13. The number of nitrogens with two attached hydrogens (primary N) is 1. The van der Waals surface area contributed by atoms with E-state index in [1.807, 2.05) is 30.3 Å². The van der Waals surface area contributed by atoms with Crippen molar-refractivity contribution < 1.29 is 10.2 Å². The second kappa shape index (κ2) is 5.09. The van der Waals surface area contributed by atoms with Gasteiger partial charge in [-0.05, 0) is 12.1 Å². The molecule has 0 saturated carbocycles. The molecular weight excluding hydrogens is 218 g/mol. The Morgan fingerprint density at radius 1 is 1.24 bits per heavy atom. The number of aromatic nitrogens is 2. The molecule has 0 spiro atoms. The highest BCUT2D eigenvalue weighted by atomic mass is 16.3. The third-order valence-electron chi connectivity index (χ3n) is 2.57. The minimum Gasteiger partial charge on any atom is -0.389 e. The van der Waals surface area contributed by atoms with Crippen molar-refractivity contribution in [3.63, 3.8) is 0 Å². The normalized spacial score (nSPS) is 14.5. The Hall–Kier alpha value is -1.69. The van der Waals surface area contributed by atoms with E-state index in [4.69, 9.17) is 5.73 Å². The Kier molecular flexibility index (Phi) is 3.53. The first kappa shape index (κ1) is 11.8. The summed E-state index contributed by atoms with van der Waals surface area (Å²) in [7, 11) is 0. The Bertz CT molecular complexity index is 470. The van der Waals surface area contributed by atoms with Gasteiger partial charge >= 0.3 is 0 Å². The van der Waals surface area contributed by atoms with E-state index in [1.165, 1.54) is 6.20 Å². The summed E-state index contributed by atoms with van der Waals surface area (Å²) in [6, 6.07) is 9.54. The van der Waals surface area contributed by atoms with Crippen LogP contribution in [0, 0.1) is 0 Å². The van der Waals surface area contributed by atoms with Gasteiger partial charge in [-0.15, -0.1) is 0 Å². The van der Waals surface area contributed by atoms with Crippen molar-refractivity contribution in [2.45, 2.75) is 12.2 Å². The maximum atomic E-state index is 9.77. The first-order chi connectivity index (χ1) is 8.22. The summed E-state index contributed by atoms with van der Waals surface area (Å²) in [5.74, 6) is 0. The Morgan fingerprint density at radius 3 is 2.59 bits per heavy atom. The topological polar surface area (TPSA) is 84.3 Å². The zero-order valence-corrected chi connectivity index (χ0v) is 9.27. The maximum absolute atomic E-state index is 9.77. The van der Waals surface area contributed by atoms with Gasteiger partial charge in [-0.2, -0.15) is 5.10 Å². The standard InChI is InChI=1S/C12H15N3O2/c13-6-11(16)12(17)9-7-14-15(8-9)10-4-2-1-3-5-10/h1-5,7-8,11-12,16-17H,6,13H2. The molecule has 4 N–H and O–H groups in total. The average molecular weight is 233 g/mol. The zero-order valence-electron chi connectivity index (χ0n) is 9.27. The van der Waals surface area contributed by atoms with Gasteiger partial charge in [0.05, 0.1) is 18.0 Å². The summed E-state index contributed by atoms with van der Waals surface area (Å²) in [6.45, 7) is 0.0116. The Balaban J connectivity index is 2.22. The summed E-state index contributed by atoms with van der Waals surface area (Å²) in [5, 5.41) is 23.3. The van der Waals surface area contributed by atoms with Crippen LogP contribution < -0.4 is 5.73 Å². The van der Waals surface area contributed by atoms with E-state index in [0.29, 0.717) is 5.56 Å². The summed E-state index contributed by atoms with van der Waals surface area (Å²) < 4.78 is 1.64. The van der Waals surface area contributed by atoms with Crippen LogP contribution in [-0.4, -0.2) is 32.6 Å².